The molecule has 1 aliphatic heterocycles. The van der Waals surface area contributed by atoms with Gasteiger partial charge >= 0.3 is 0 Å². The number of nitrogens with zero attached hydrogens (tertiary/aromatic N) is 1. The molecule has 3 rings (SSSR count). The molecule has 1 aliphatic rings. The quantitative estimate of drug-likeness (QED) is 0.844. The van der Waals surface area contributed by atoms with Crippen molar-refractivity contribution in [1.29, 1.82) is 0 Å². The number of halogens is 1. The van der Waals surface area contributed by atoms with Gasteiger partial charge < -0.3 is 15.7 Å². The monoisotopic (exact) mass is 374 g/mol. The average Bonchev–Trinajstić information content (AvgIpc) is 2.55. The van der Waals surface area contributed by atoms with Gasteiger partial charge in [-0.2, -0.15) is 0 Å². The first kappa shape index (κ1) is 15.6. The summed E-state index contributed by atoms with van der Waals surface area (Å²) in [5.74, 6) is -1.09. The molecule has 5 nitrogen and oxygen atoms in total. The van der Waals surface area contributed by atoms with Crippen molar-refractivity contribution >= 4 is 27.7 Å². The van der Waals surface area contributed by atoms with Gasteiger partial charge in [-0.3, -0.25) is 9.59 Å². The van der Waals surface area contributed by atoms with Crippen LogP contribution >= 0.6 is 15.9 Å². The van der Waals surface area contributed by atoms with E-state index in [1.54, 1.807) is 6.07 Å². The molecule has 118 valence electrons. The Morgan fingerprint density at radius 3 is 2.57 bits per heavy atom. The zero-order valence-corrected chi connectivity index (χ0v) is 13.8. The molecule has 1 heterocycles. The van der Waals surface area contributed by atoms with Crippen LogP contribution in [0.5, 0.6) is 5.75 Å². The van der Waals surface area contributed by atoms with Crippen LogP contribution < -0.4 is 5.73 Å². The second-order valence-corrected chi connectivity index (χ2v) is 6.40. The highest BCUT2D eigenvalue weighted by molar-refractivity contribution is 9.10. The van der Waals surface area contributed by atoms with E-state index in [2.05, 4.69) is 15.9 Å². The number of amides is 2. The van der Waals surface area contributed by atoms with Crippen molar-refractivity contribution < 1.29 is 14.7 Å². The minimum Gasteiger partial charge on any atom is -0.507 e. The second-order valence-electron chi connectivity index (χ2n) is 5.49. The van der Waals surface area contributed by atoms with Gasteiger partial charge in [0.05, 0.1) is 5.56 Å². The largest absolute Gasteiger partial charge is 0.507 e. The molecule has 1 unspecified atom stereocenters. The third kappa shape index (κ3) is 2.94. The van der Waals surface area contributed by atoms with Gasteiger partial charge in [-0.1, -0.05) is 40.2 Å². The Hall–Kier alpha value is -2.34. The summed E-state index contributed by atoms with van der Waals surface area (Å²) in [6.45, 7) is 0.286. The van der Waals surface area contributed by atoms with Crippen LogP contribution in [0.15, 0.2) is 46.9 Å². The third-order valence-corrected chi connectivity index (χ3v) is 4.52. The lowest BCUT2D eigenvalue weighted by Crippen LogP contribution is -2.51. The van der Waals surface area contributed by atoms with E-state index in [1.165, 1.54) is 17.0 Å². The van der Waals surface area contributed by atoms with Crippen LogP contribution in [0.25, 0.3) is 0 Å². The molecule has 0 spiro atoms. The fraction of sp³-hybridized carbons (Fsp3) is 0.176. The first-order valence-electron chi connectivity index (χ1n) is 7.13. The smallest absolute Gasteiger partial charge is 0.258 e. The second kappa shape index (κ2) is 6.04. The summed E-state index contributed by atoms with van der Waals surface area (Å²) in [5, 5.41) is 9.97. The van der Waals surface area contributed by atoms with E-state index >= 15 is 0 Å². The van der Waals surface area contributed by atoms with Crippen LogP contribution in [0.4, 0.5) is 0 Å². The molecule has 2 aromatic carbocycles. The van der Waals surface area contributed by atoms with Crippen molar-refractivity contribution in [3.8, 4) is 5.75 Å². The number of fused-ring (bicyclic) bond motifs is 1. The van der Waals surface area contributed by atoms with Crippen LogP contribution in [0.3, 0.4) is 0 Å². The molecule has 3 N–H and O–H groups in total. The third-order valence-electron chi connectivity index (χ3n) is 4.03. The molecule has 0 saturated carbocycles. The summed E-state index contributed by atoms with van der Waals surface area (Å²) in [5.41, 5.74) is 7.63. The van der Waals surface area contributed by atoms with Gasteiger partial charge in [0.1, 0.15) is 11.8 Å². The summed E-state index contributed by atoms with van der Waals surface area (Å²) in [6.07, 6.45) is 0.381. The number of hydrogen-bond acceptors (Lipinski definition) is 3. The van der Waals surface area contributed by atoms with E-state index in [0.29, 0.717) is 10.9 Å². The number of rotatable bonds is 2. The topological polar surface area (TPSA) is 83.6 Å². The predicted octanol–water partition coefficient (Wildman–Crippen LogP) is 2.21. The van der Waals surface area contributed by atoms with E-state index in [0.717, 1.165) is 11.1 Å². The lowest BCUT2D eigenvalue weighted by molar-refractivity contribution is -0.122. The van der Waals surface area contributed by atoms with Crippen LogP contribution in [0.1, 0.15) is 21.5 Å². The standard InChI is InChI=1S/C17H15BrN2O3/c18-12-5-6-15(21)13(8-12)17(23)20-9-11-4-2-1-3-10(11)7-14(20)16(19)22/h1-6,8,14,21H,7,9H2,(H2,19,22). The molecule has 23 heavy (non-hydrogen) atoms. The van der Waals surface area contributed by atoms with E-state index in [9.17, 15) is 14.7 Å². The fourth-order valence-corrected chi connectivity index (χ4v) is 3.19. The minimum absolute atomic E-state index is 0.125. The first-order valence-corrected chi connectivity index (χ1v) is 7.92. The number of primary amides is 1. The average molecular weight is 375 g/mol. The maximum Gasteiger partial charge on any atom is 0.258 e. The SMILES string of the molecule is NC(=O)C1Cc2ccccc2CN1C(=O)c1cc(Br)ccc1O. The van der Waals surface area contributed by atoms with Gasteiger partial charge in [-0.05, 0) is 29.3 Å². The molecule has 6 heteroatoms. The number of benzene rings is 2. The van der Waals surface area contributed by atoms with Crippen LogP contribution in [0, 0.1) is 0 Å². The normalized spacial score (nSPS) is 16.7. The predicted molar refractivity (Wildman–Crippen MR) is 88.8 cm³/mol. The van der Waals surface area contributed by atoms with Gasteiger partial charge in [-0.15, -0.1) is 0 Å². The summed E-state index contributed by atoms with van der Waals surface area (Å²) < 4.78 is 0.673. The van der Waals surface area contributed by atoms with E-state index in [1.807, 2.05) is 24.3 Å². The van der Waals surface area contributed by atoms with E-state index in [4.69, 9.17) is 5.73 Å². The molecule has 0 aliphatic carbocycles. The first-order chi connectivity index (χ1) is 11.0. The van der Waals surface area contributed by atoms with Gasteiger partial charge in [0.25, 0.3) is 5.91 Å². The number of phenolic OH excluding ortho intramolecular Hbond substituents is 1. The van der Waals surface area contributed by atoms with Gasteiger partial charge in [0, 0.05) is 17.4 Å². The van der Waals surface area contributed by atoms with Crippen molar-refractivity contribution in [3.63, 3.8) is 0 Å². The zero-order chi connectivity index (χ0) is 16.6. The van der Waals surface area contributed by atoms with Crippen molar-refractivity contribution in [2.75, 3.05) is 0 Å². The Balaban J connectivity index is 2.01. The van der Waals surface area contributed by atoms with Crippen molar-refractivity contribution in [1.82, 2.24) is 4.90 Å². The van der Waals surface area contributed by atoms with Crippen molar-refractivity contribution in [3.05, 3.63) is 63.6 Å². The Morgan fingerprint density at radius 1 is 1.17 bits per heavy atom. The molecular weight excluding hydrogens is 360 g/mol. The lowest BCUT2D eigenvalue weighted by Gasteiger charge is -2.35. The van der Waals surface area contributed by atoms with E-state index in [-0.39, 0.29) is 17.9 Å². The number of phenols is 1. The molecule has 0 radical (unpaired) electrons. The van der Waals surface area contributed by atoms with Gasteiger partial charge in [-0.25, -0.2) is 0 Å². The summed E-state index contributed by atoms with van der Waals surface area (Å²) in [7, 11) is 0. The number of hydrogen-bond donors (Lipinski definition) is 2. The Bertz CT molecular complexity index is 791. The number of carbonyl (C=O) groups excluding carboxylic acids is 2. The fourth-order valence-electron chi connectivity index (χ4n) is 2.82. The van der Waals surface area contributed by atoms with Gasteiger partial charge in [0.2, 0.25) is 5.91 Å². The van der Waals surface area contributed by atoms with Gasteiger partial charge in [0.15, 0.2) is 0 Å². The number of carbonyl (C=O) groups is 2. The minimum atomic E-state index is -0.726. The summed E-state index contributed by atoms with van der Waals surface area (Å²) in [4.78, 5) is 26.1. The van der Waals surface area contributed by atoms with Crippen LogP contribution in [-0.4, -0.2) is 27.9 Å². The lowest BCUT2D eigenvalue weighted by atomic mass is 9.93. The highest BCUT2D eigenvalue weighted by Gasteiger charge is 2.34. The number of nitrogens with two attached hydrogens (primary N) is 1. The maximum absolute atomic E-state index is 12.8. The van der Waals surface area contributed by atoms with Crippen LogP contribution in [0.2, 0.25) is 0 Å². The molecule has 0 fully saturated rings. The summed E-state index contributed by atoms with van der Waals surface area (Å²) >= 11 is 3.28. The van der Waals surface area contributed by atoms with Crippen molar-refractivity contribution in [2.45, 2.75) is 19.0 Å². The molecule has 0 bridgehead atoms. The van der Waals surface area contributed by atoms with Crippen molar-refractivity contribution in [2.24, 2.45) is 5.73 Å². The zero-order valence-electron chi connectivity index (χ0n) is 12.2. The van der Waals surface area contributed by atoms with Crippen LogP contribution in [-0.2, 0) is 17.8 Å². The Morgan fingerprint density at radius 2 is 1.87 bits per heavy atom. The summed E-state index contributed by atoms with van der Waals surface area (Å²) in [6, 6.07) is 11.5. The number of aromatic hydroxyl groups is 1. The highest BCUT2D eigenvalue weighted by atomic mass is 79.9. The molecule has 2 aromatic rings. The molecule has 0 saturated heterocycles. The Labute approximate surface area is 141 Å². The molecule has 0 aromatic heterocycles. The van der Waals surface area contributed by atoms with E-state index < -0.39 is 17.9 Å². The Kier molecular flexibility index (Phi) is 4.09. The molecular formula is C17H15BrN2O3. The maximum atomic E-state index is 12.8. The molecule has 1 atom stereocenters. The highest BCUT2D eigenvalue weighted by Crippen LogP contribution is 2.28. The molecule has 2 amide bonds.